The number of anilines is 1. The Morgan fingerprint density at radius 3 is 2.74 bits per heavy atom. The van der Waals surface area contributed by atoms with Crippen LogP contribution in [0.2, 0.25) is 0 Å². The second kappa shape index (κ2) is 8.90. The molecule has 6 heteroatoms. The van der Waals surface area contributed by atoms with Crippen LogP contribution in [-0.2, 0) is 9.59 Å². The number of piperidine rings is 1. The normalized spacial score (nSPS) is 42.5. The molecule has 3 saturated carbocycles. The molecule has 4 fully saturated rings. The van der Waals surface area contributed by atoms with E-state index in [9.17, 15) is 9.59 Å². The molecule has 1 N–H and O–H groups in total. The van der Waals surface area contributed by atoms with Gasteiger partial charge in [0, 0.05) is 37.5 Å². The van der Waals surface area contributed by atoms with E-state index in [1.54, 1.807) is 6.20 Å². The Hall–Kier alpha value is -1.43. The fourth-order valence-corrected chi connectivity index (χ4v) is 10.0. The van der Waals surface area contributed by atoms with Crippen LogP contribution < -0.4 is 5.32 Å². The average molecular weight is 486 g/mol. The van der Waals surface area contributed by atoms with E-state index in [0.717, 1.165) is 37.0 Å². The number of hydrogen-bond donors (Lipinski definition) is 1. The van der Waals surface area contributed by atoms with Crippen molar-refractivity contribution in [1.82, 2.24) is 9.88 Å². The maximum Gasteiger partial charge on any atom is 0.226 e. The highest BCUT2D eigenvalue weighted by atomic mass is 32.1. The molecule has 9 atom stereocenters. The van der Waals surface area contributed by atoms with Gasteiger partial charge in [0.15, 0.2) is 5.13 Å². The summed E-state index contributed by atoms with van der Waals surface area (Å²) >= 11 is 1.48. The average Bonchev–Trinajstić information content (AvgIpc) is 3.43. The number of thiazole rings is 1. The van der Waals surface area contributed by atoms with Gasteiger partial charge in [-0.1, -0.05) is 27.7 Å². The molecular formula is C28H43N3O2S. The van der Waals surface area contributed by atoms with Crippen LogP contribution in [0.3, 0.4) is 0 Å². The zero-order valence-electron chi connectivity index (χ0n) is 21.7. The Bertz CT molecular complexity index is 919. The lowest BCUT2D eigenvalue weighted by atomic mass is 9.44. The molecule has 2 amide bonds. The van der Waals surface area contributed by atoms with E-state index in [-0.39, 0.29) is 11.3 Å². The molecule has 1 aromatic heterocycles. The van der Waals surface area contributed by atoms with Gasteiger partial charge in [0.1, 0.15) is 0 Å². The number of likely N-dealkylation sites (tertiary alicyclic amines) is 1. The predicted molar refractivity (Wildman–Crippen MR) is 137 cm³/mol. The van der Waals surface area contributed by atoms with Gasteiger partial charge in [0.25, 0.3) is 0 Å². The lowest BCUT2D eigenvalue weighted by Gasteiger charge is -2.64. The van der Waals surface area contributed by atoms with Crippen molar-refractivity contribution in [2.24, 2.45) is 46.3 Å². The summed E-state index contributed by atoms with van der Waals surface area (Å²) in [5.74, 6) is 4.72. The van der Waals surface area contributed by atoms with Gasteiger partial charge in [-0.25, -0.2) is 4.98 Å². The van der Waals surface area contributed by atoms with Crippen LogP contribution in [-0.4, -0.2) is 34.8 Å². The quantitative estimate of drug-likeness (QED) is 0.538. The molecule has 5 nitrogen and oxygen atoms in total. The molecule has 1 saturated heterocycles. The Balaban J connectivity index is 1.28. The molecule has 188 valence electrons. The van der Waals surface area contributed by atoms with Crippen molar-refractivity contribution in [2.45, 2.75) is 91.5 Å². The van der Waals surface area contributed by atoms with Gasteiger partial charge in [0.05, 0.1) is 0 Å². The summed E-state index contributed by atoms with van der Waals surface area (Å²) in [7, 11) is 2.06. The zero-order chi connectivity index (χ0) is 24.3. The molecule has 0 bridgehead atoms. The van der Waals surface area contributed by atoms with Gasteiger partial charge in [-0.3, -0.25) is 9.59 Å². The van der Waals surface area contributed by atoms with E-state index >= 15 is 0 Å². The third-order valence-electron chi connectivity index (χ3n) is 11.2. The third-order valence-corrected chi connectivity index (χ3v) is 11.9. The van der Waals surface area contributed by atoms with Crippen molar-refractivity contribution in [1.29, 1.82) is 0 Å². The fourth-order valence-electron chi connectivity index (χ4n) is 9.46. The van der Waals surface area contributed by atoms with E-state index in [1.165, 1.54) is 43.4 Å². The van der Waals surface area contributed by atoms with Crippen molar-refractivity contribution in [3.63, 3.8) is 0 Å². The largest absolute Gasteiger partial charge is 0.342 e. The molecule has 0 radical (unpaired) electrons. The fraction of sp³-hybridized carbons (Fsp3) is 0.821. The lowest BCUT2D eigenvalue weighted by Crippen LogP contribution is -2.63. The van der Waals surface area contributed by atoms with E-state index in [1.807, 2.05) is 5.38 Å². The van der Waals surface area contributed by atoms with Crippen molar-refractivity contribution in [3.05, 3.63) is 11.6 Å². The molecule has 4 aliphatic rings. The Labute approximate surface area is 209 Å². The SMILES string of the molecule is CC1C[C@H]2N(C)C(=O)CC[C@]2(C)[C@H]2CC[C@]3(C)[C@@H]([C@H](C)CCC(=O)Nc4nccs4)CC[C@H]3[C@H]12. The van der Waals surface area contributed by atoms with Crippen molar-refractivity contribution in [3.8, 4) is 0 Å². The van der Waals surface area contributed by atoms with Gasteiger partial charge >= 0.3 is 0 Å². The molecular weight excluding hydrogens is 442 g/mol. The number of rotatable bonds is 5. The van der Waals surface area contributed by atoms with Gasteiger partial charge in [-0.2, -0.15) is 0 Å². The standard InChI is InChI=1S/C28H43N3O2S/c1-17(6-9-23(32)30-26-29-14-15-34-26)19-7-8-20-25-18(2)16-22-28(4,13-11-24(33)31(22)5)21(25)10-12-27(19,20)3/h14-15,17-22,25H,6-13,16H2,1-5H3,(H,29,30,32)/t17-,18?,19-,20+,21+,22-,25+,27-,28-/m1/s1. The van der Waals surface area contributed by atoms with Gasteiger partial charge in [0.2, 0.25) is 11.8 Å². The lowest BCUT2D eigenvalue weighted by molar-refractivity contribution is -0.167. The zero-order valence-corrected chi connectivity index (χ0v) is 22.5. The summed E-state index contributed by atoms with van der Waals surface area (Å²) in [6.07, 6.45) is 11.5. The maximum absolute atomic E-state index is 12.5. The molecule has 1 aromatic rings. The monoisotopic (exact) mass is 485 g/mol. The van der Waals surface area contributed by atoms with Crippen molar-refractivity contribution in [2.75, 3.05) is 12.4 Å². The first-order valence-electron chi connectivity index (χ1n) is 13.6. The maximum atomic E-state index is 12.5. The second-order valence-electron chi connectivity index (χ2n) is 12.7. The van der Waals surface area contributed by atoms with Crippen LogP contribution >= 0.6 is 11.3 Å². The van der Waals surface area contributed by atoms with Gasteiger partial charge < -0.3 is 10.2 Å². The van der Waals surface area contributed by atoms with Crippen LogP contribution in [0.5, 0.6) is 0 Å². The number of nitrogens with one attached hydrogen (secondary N) is 1. The summed E-state index contributed by atoms with van der Waals surface area (Å²) in [6, 6.07) is 0.418. The van der Waals surface area contributed by atoms with Crippen LogP contribution in [0.25, 0.3) is 0 Å². The molecule has 34 heavy (non-hydrogen) atoms. The van der Waals surface area contributed by atoms with Crippen LogP contribution in [0.15, 0.2) is 11.6 Å². The molecule has 1 aliphatic heterocycles. The van der Waals surface area contributed by atoms with Gasteiger partial charge in [-0.05, 0) is 91.3 Å². The number of hydrogen-bond acceptors (Lipinski definition) is 4. The molecule has 3 aliphatic carbocycles. The topological polar surface area (TPSA) is 62.3 Å². The van der Waals surface area contributed by atoms with E-state index in [0.29, 0.717) is 46.7 Å². The minimum Gasteiger partial charge on any atom is -0.342 e. The minimum absolute atomic E-state index is 0.0982. The summed E-state index contributed by atoms with van der Waals surface area (Å²) in [6.45, 7) is 9.98. The summed E-state index contributed by atoms with van der Waals surface area (Å²) in [4.78, 5) is 31.3. The highest BCUT2D eigenvalue weighted by Gasteiger charge is 2.63. The summed E-state index contributed by atoms with van der Waals surface area (Å²) in [5.41, 5.74) is 0.666. The number of amides is 2. The Kier molecular flexibility index (Phi) is 6.35. The van der Waals surface area contributed by atoms with Crippen molar-refractivity contribution >= 4 is 28.3 Å². The van der Waals surface area contributed by atoms with E-state index < -0.39 is 0 Å². The number of carbonyl (C=O) groups is 2. The first-order valence-corrected chi connectivity index (χ1v) is 14.5. The highest BCUT2D eigenvalue weighted by Crippen LogP contribution is 2.68. The molecule has 0 spiro atoms. The van der Waals surface area contributed by atoms with E-state index in [4.69, 9.17) is 0 Å². The van der Waals surface area contributed by atoms with Crippen molar-refractivity contribution < 1.29 is 9.59 Å². The molecule has 2 heterocycles. The van der Waals surface area contributed by atoms with Crippen LogP contribution in [0.4, 0.5) is 5.13 Å². The van der Waals surface area contributed by atoms with E-state index in [2.05, 4.69) is 49.9 Å². The highest BCUT2D eigenvalue weighted by molar-refractivity contribution is 7.13. The summed E-state index contributed by atoms with van der Waals surface area (Å²) in [5, 5.41) is 5.56. The first kappa shape index (κ1) is 24.3. The Morgan fingerprint density at radius 1 is 1.24 bits per heavy atom. The number of aromatic nitrogens is 1. The minimum atomic E-state index is 0.0982. The number of nitrogens with zero attached hydrogens (tertiary/aromatic N) is 2. The number of carbonyl (C=O) groups excluding carboxylic acids is 2. The van der Waals surface area contributed by atoms with Gasteiger partial charge in [-0.15, -0.1) is 11.3 Å². The molecule has 5 rings (SSSR count). The smallest absolute Gasteiger partial charge is 0.226 e. The molecule has 1 unspecified atom stereocenters. The first-order chi connectivity index (χ1) is 16.1. The molecule has 0 aromatic carbocycles. The third kappa shape index (κ3) is 3.83. The second-order valence-corrected chi connectivity index (χ2v) is 13.6. The van der Waals surface area contributed by atoms with Crippen LogP contribution in [0.1, 0.15) is 85.5 Å². The Morgan fingerprint density at radius 2 is 2.00 bits per heavy atom. The number of fused-ring (bicyclic) bond motifs is 5. The predicted octanol–water partition coefficient (Wildman–Crippen LogP) is 6.22. The van der Waals surface area contributed by atoms with Crippen LogP contribution in [0, 0.1) is 46.3 Å². The summed E-state index contributed by atoms with van der Waals surface area (Å²) < 4.78 is 0.